The van der Waals surface area contributed by atoms with E-state index >= 15 is 0 Å². The van der Waals surface area contributed by atoms with Gasteiger partial charge in [0.2, 0.25) is 5.91 Å². The number of nitrogens with one attached hydrogen (secondary N) is 1. The van der Waals surface area contributed by atoms with Crippen molar-refractivity contribution in [1.29, 1.82) is 0 Å². The molecule has 1 N–H and O–H groups in total. The fourth-order valence-electron chi connectivity index (χ4n) is 3.41. The highest BCUT2D eigenvalue weighted by atomic mass is 16.2. The van der Waals surface area contributed by atoms with Crippen LogP contribution in [-0.4, -0.2) is 51.5 Å². The Balaban J connectivity index is 1.34. The van der Waals surface area contributed by atoms with Gasteiger partial charge in [0.05, 0.1) is 5.52 Å². The lowest BCUT2D eigenvalue weighted by Gasteiger charge is -2.35. The van der Waals surface area contributed by atoms with Gasteiger partial charge in [0.1, 0.15) is 5.82 Å². The average molecular weight is 379 g/mol. The average Bonchev–Trinajstić information content (AvgIpc) is 2.72. The Kier molecular flexibility index (Phi) is 4.92. The molecule has 1 aromatic carbocycles. The summed E-state index contributed by atoms with van der Waals surface area (Å²) in [5, 5.41) is 1.11. The van der Waals surface area contributed by atoms with Gasteiger partial charge < -0.3 is 14.4 Å². The molecule has 144 valence electrons. The fraction of sp³-hybridized carbons (Fsp3) is 0.300. The summed E-state index contributed by atoms with van der Waals surface area (Å²) < 4.78 is 1.34. The quantitative estimate of drug-likeness (QED) is 0.725. The van der Waals surface area contributed by atoms with Gasteiger partial charge in [0.15, 0.2) is 0 Å². The lowest BCUT2D eigenvalue weighted by atomic mass is 10.2. The van der Waals surface area contributed by atoms with E-state index in [9.17, 15) is 14.4 Å². The molecule has 0 spiro atoms. The van der Waals surface area contributed by atoms with Gasteiger partial charge >= 0.3 is 5.69 Å². The molecule has 1 aliphatic rings. The summed E-state index contributed by atoms with van der Waals surface area (Å²) in [7, 11) is 0. The maximum Gasteiger partial charge on any atom is 0.328 e. The van der Waals surface area contributed by atoms with Crippen LogP contribution in [0.15, 0.2) is 58.3 Å². The maximum atomic E-state index is 12.5. The molecule has 1 aliphatic heterocycles. The number of H-pyrrole nitrogens is 1. The molecule has 3 heterocycles. The van der Waals surface area contributed by atoms with Crippen molar-refractivity contribution in [2.24, 2.45) is 0 Å². The second-order valence-corrected chi connectivity index (χ2v) is 6.78. The second kappa shape index (κ2) is 7.67. The Hall–Kier alpha value is -3.42. The second-order valence-electron chi connectivity index (χ2n) is 6.78. The molecule has 28 heavy (non-hydrogen) atoms. The number of carbonyl (C=O) groups excluding carboxylic acids is 1. The van der Waals surface area contributed by atoms with E-state index in [1.54, 1.807) is 0 Å². The maximum absolute atomic E-state index is 12.5. The molecule has 0 saturated carbocycles. The van der Waals surface area contributed by atoms with Crippen LogP contribution in [0.2, 0.25) is 0 Å². The molecule has 3 aromatic rings. The van der Waals surface area contributed by atoms with Crippen molar-refractivity contribution in [2.45, 2.75) is 13.0 Å². The molecule has 1 saturated heterocycles. The molecule has 2 aromatic heterocycles. The van der Waals surface area contributed by atoms with E-state index in [4.69, 9.17) is 4.98 Å². The highest BCUT2D eigenvalue weighted by Gasteiger charge is 2.22. The standard InChI is InChI=1S/C20H21N5O3/c26-18-7-9-25(20(28)22-18)10-8-19(27)24-13-11-23(12-14-24)17-6-5-15-3-1-2-4-16(15)21-17/h1-7,9H,8,10-14H2,(H,22,26,28). The third kappa shape index (κ3) is 3.80. The smallest absolute Gasteiger partial charge is 0.328 e. The van der Waals surface area contributed by atoms with Gasteiger partial charge in [-0.05, 0) is 18.2 Å². The highest BCUT2D eigenvalue weighted by molar-refractivity contribution is 5.80. The van der Waals surface area contributed by atoms with Crippen molar-refractivity contribution >= 4 is 22.6 Å². The van der Waals surface area contributed by atoms with Crippen LogP contribution < -0.4 is 16.1 Å². The SMILES string of the molecule is O=C(CCn1ccc(=O)[nH]c1=O)N1CCN(c2ccc3ccccc3n2)CC1. The number of aromatic amines is 1. The molecule has 0 aliphatic carbocycles. The number of aromatic nitrogens is 3. The molecule has 8 nitrogen and oxygen atoms in total. The van der Waals surface area contributed by atoms with Crippen molar-refractivity contribution in [3.63, 3.8) is 0 Å². The largest absolute Gasteiger partial charge is 0.353 e. The highest BCUT2D eigenvalue weighted by Crippen LogP contribution is 2.19. The van der Waals surface area contributed by atoms with E-state index in [1.807, 2.05) is 35.2 Å². The monoisotopic (exact) mass is 379 g/mol. The zero-order valence-corrected chi connectivity index (χ0v) is 15.4. The molecule has 1 amide bonds. The number of amides is 1. The number of benzene rings is 1. The molecular formula is C20H21N5O3. The molecule has 8 heteroatoms. The Bertz CT molecular complexity index is 1110. The van der Waals surface area contributed by atoms with Gasteiger partial charge in [-0.3, -0.25) is 14.6 Å². The number of aryl methyl sites for hydroxylation is 1. The van der Waals surface area contributed by atoms with Crippen molar-refractivity contribution in [3.05, 3.63) is 69.5 Å². The number of rotatable bonds is 4. The van der Waals surface area contributed by atoms with Gasteiger partial charge in [0, 0.05) is 56.8 Å². The fourth-order valence-corrected chi connectivity index (χ4v) is 3.41. The first-order valence-electron chi connectivity index (χ1n) is 9.28. The summed E-state index contributed by atoms with van der Waals surface area (Å²) in [6.07, 6.45) is 1.64. The number of hydrogen-bond donors (Lipinski definition) is 1. The number of pyridine rings is 1. The predicted octanol–water partition coefficient (Wildman–Crippen LogP) is 0.824. The minimum absolute atomic E-state index is 0.00391. The van der Waals surface area contributed by atoms with Crippen LogP contribution in [0.1, 0.15) is 6.42 Å². The third-order valence-electron chi connectivity index (χ3n) is 5.00. The Morgan fingerprint density at radius 3 is 2.57 bits per heavy atom. The van der Waals surface area contributed by atoms with Crippen molar-refractivity contribution in [2.75, 3.05) is 31.1 Å². The van der Waals surface area contributed by atoms with Gasteiger partial charge in [-0.15, -0.1) is 0 Å². The van der Waals surface area contributed by atoms with E-state index in [2.05, 4.69) is 16.0 Å². The zero-order chi connectivity index (χ0) is 19.5. The van der Waals surface area contributed by atoms with E-state index in [0.717, 1.165) is 29.8 Å². The summed E-state index contributed by atoms with van der Waals surface area (Å²) in [5.41, 5.74) is 0.0309. The first-order valence-corrected chi connectivity index (χ1v) is 9.28. The Morgan fingerprint density at radius 2 is 1.79 bits per heavy atom. The number of para-hydroxylation sites is 1. The topological polar surface area (TPSA) is 91.3 Å². The number of anilines is 1. The lowest BCUT2D eigenvalue weighted by Crippen LogP contribution is -2.49. The molecule has 0 bridgehead atoms. The van der Waals surface area contributed by atoms with Crippen molar-refractivity contribution < 1.29 is 4.79 Å². The van der Waals surface area contributed by atoms with Crippen LogP contribution in [-0.2, 0) is 11.3 Å². The zero-order valence-electron chi connectivity index (χ0n) is 15.4. The Labute approximate surface area is 161 Å². The van der Waals surface area contributed by atoms with Gasteiger partial charge in [-0.2, -0.15) is 0 Å². The summed E-state index contributed by atoms with van der Waals surface area (Å²) >= 11 is 0. The molecular weight excluding hydrogens is 358 g/mol. The number of nitrogens with zero attached hydrogens (tertiary/aromatic N) is 4. The van der Waals surface area contributed by atoms with Gasteiger partial charge in [0.25, 0.3) is 5.56 Å². The van der Waals surface area contributed by atoms with E-state index in [1.165, 1.54) is 16.8 Å². The molecule has 0 unspecified atom stereocenters. The van der Waals surface area contributed by atoms with Crippen LogP contribution in [0.25, 0.3) is 10.9 Å². The lowest BCUT2D eigenvalue weighted by molar-refractivity contribution is -0.131. The minimum atomic E-state index is -0.493. The van der Waals surface area contributed by atoms with Crippen molar-refractivity contribution in [1.82, 2.24) is 19.4 Å². The molecule has 4 rings (SSSR count). The van der Waals surface area contributed by atoms with Crippen molar-refractivity contribution in [3.8, 4) is 0 Å². The molecule has 1 fully saturated rings. The number of carbonyl (C=O) groups is 1. The predicted molar refractivity (Wildman–Crippen MR) is 106 cm³/mol. The summed E-state index contributed by atoms with van der Waals surface area (Å²) in [6, 6.07) is 13.4. The van der Waals surface area contributed by atoms with E-state index in [0.29, 0.717) is 13.1 Å². The number of piperazine rings is 1. The molecule has 0 radical (unpaired) electrons. The van der Waals surface area contributed by atoms with E-state index < -0.39 is 11.2 Å². The van der Waals surface area contributed by atoms with Gasteiger partial charge in [-0.25, -0.2) is 9.78 Å². The number of fused-ring (bicyclic) bond motifs is 1. The van der Waals surface area contributed by atoms with Gasteiger partial charge in [-0.1, -0.05) is 18.2 Å². The minimum Gasteiger partial charge on any atom is -0.353 e. The molecule has 0 atom stereocenters. The summed E-state index contributed by atoms with van der Waals surface area (Å²) in [4.78, 5) is 46.2. The summed E-state index contributed by atoms with van der Waals surface area (Å²) in [6.45, 7) is 2.92. The van der Waals surface area contributed by atoms with Crippen LogP contribution in [0.5, 0.6) is 0 Å². The first kappa shape index (κ1) is 18.0. The summed E-state index contributed by atoms with van der Waals surface area (Å²) in [5.74, 6) is 0.926. The van der Waals surface area contributed by atoms with Crippen LogP contribution >= 0.6 is 0 Å². The normalized spacial score (nSPS) is 14.4. The third-order valence-corrected chi connectivity index (χ3v) is 5.00. The first-order chi connectivity index (χ1) is 13.6. The van der Waals surface area contributed by atoms with Crippen LogP contribution in [0.4, 0.5) is 5.82 Å². The van der Waals surface area contributed by atoms with Crippen LogP contribution in [0.3, 0.4) is 0 Å². The number of hydrogen-bond acceptors (Lipinski definition) is 5. The van der Waals surface area contributed by atoms with E-state index in [-0.39, 0.29) is 18.9 Å². The van der Waals surface area contributed by atoms with Crippen LogP contribution in [0, 0.1) is 0 Å². The Morgan fingerprint density at radius 1 is 1.00 bits per heavy atom.